The van der Waals surface area contributed by atoms with Gasteiger partial charge in [0.25, 0.3) is 5.91 Å². The molecule has 0 aliphatic carbocycles. The Bertz CT molecular complexity index is 1400. The minimum Gasteiger partial charge on any atom is -0.365 e. The molecule has 0 atom stereocenters. The van der Waals surface area contributed by atoms with Gasteiger partial charge in [-0.3, -0.25) is 14.6 Å². The highest BCUT2D eigenvalue weighted by atomic mass is 19.1. The quantitative estimate of drug-likeness (QED) is 0.585. The molecule has 1 amide bonds. The Morgan fingerprint density at radius 3 is 2.62 bits per heavy atom. The van der Waals surface area contributed by atoms with Gasteiger partial charge in [0, 0.05) is 24.0 Å². The van der Waals surface area contributed by atoms with Gasteiger partial charge in [0.2, 0.25) is 5.56 Å². The van der Waals surface area contributed by atoms with Crippen LogP contribution in [0.1, 0.15) is 15.9 Å². The normalized spacial score (nSPS) is 14.8. The van der Waals surface area contributed by atoms with Gasteiger partial charge in [-0.15, -0.1) is 0 Å². The summed E-state index contributed by atoms with van der Waals surface area (Å²) in [5.74, 6) is -3.23. The average Bonchev–Trinajstić information content (AvgIpc) is 3.15. The molecule has 5 rings (SSSR count). The van der Waals surface area contributed by atoms with Crippen molar-refractivity contribution in [2.24, 2.45) is 10.8 Å². The SMILES string of the molecule is NC(=O)c1c(F)cc(N2C=CC3=NNN(Cc4ccc5[nH]c(=O)ccc5c4)C3=C2)cc1F. The van der Waals surface area contributed by atoms with Gasteiger partial charge in [0.05, 0.1) is 12.2 Å². The molecule has 2 aliphatic heterocycles. The van der Waals surface area contributed by atoms with Crippen LogP contribution >= 0.6 is 0 Å². The molecule has 0 fully saturated rings. The van der Waals surface area contributed by atoms with Crippen molar-refractivity contribution >= 4 is 28.2 Å². The number of rotatable bonds is 4. The van der Waals surface area contributed by atoms with Crippen LogP contribution < -0.4 is 21.7 Å². The number of hydrazine groups is 1. The second-order valence-electron chi connectivity index (χ2n) is 7.31. The van der Waals surface area contributed by atoms with Gasteiger partial charge in [-0.25, -0.2) is 14.3 Å². The fourth-order valence-electron chi connectivity index (χ4n) is 3.66. The first-order chi connectivity index (χ1) is 15.4. The van der Waals surface area contributed by atoms with E-state index < -0.39 is 23.1 Å². The van der Waals surface area contributed by atoms with Crippen molar-refractivity contribution in [3.63, 3.8) is 0 Å². The highest BCUT2D eigenvalue weighted by molar-refractivity contribution is 6.10. The molecule has 2 aliphatic rings. The largest absolute Gasteiger partial charge is 0.365 e. The molecule has 0 unspecified atom stereocenters. The Labute approximate surface area is 179 Å². The maximum absolute atomic E-state index is 14.2. The Balaban J connectivity index is 1.43. The molecule has 3 heterocycles. The van der Waals surface area contributed by atoms with Crippen LogP contribution in [-0.2, 0) is 6.54 Å². The Kier molecular flexibility index (Phi) is 4.47. The van der Waals surface area contributed by atoms with Crippen LogP contribution in [0.25, 0.3) is 10.9 Å². The van der Waals surface area contributed by atoms with E-state index in [0.29, 0.717) is 18.0 Å². The number of hydrogen-bond donors (Lipinski definition) is 3. The maximum atomic E-state index is 14.2. The van der Waals surface area contributed by atoms with E-state index in [1.807, 2.05) is 18.2 Å². The number of nitrogens with zero attached hydrogens (tertiary/aromatic N) is 3. The van der Waals surface area contributed by atoms with Gasteiger partial charge < -0.3 is 15.6 Å². The van der Waals surface area contributed by atoms with Crippen molar-refractivity contribution < 1.29 is 13.6 Å². The van der Waals surface area contributed by atoms with Crippen molar-refractivity contribution in [3.05, 3.63) is 99.8 Å². The standard InChI is InChI=1S/C22H16F2N6O2/c23-15-8-14(9-16(24)21(15)22(25)32)29-6-5-18-19(11-29)30(28-27-18)10-12-1-3-17-13(7-12)2-4-20(31)26-17/h1-9,11,28H,10H2,(H2,25,32)(H,26,31). The zero-order valence-corrected chi connectivity index (χ0v) is 16.5. The van der Waals surface area contributed by atoms with Gasteiger partial charge >= 0.3 is 0 Å². The summed E-state index contributed by atoms with van der Waals surface area (Å²) in [7, 11) is 0. The molecule has 160 valence electrons. The number of nitrogens with two attached hydrogens (primary N) is 1. The van der Waals surface area contributed by atoms with Crippen LogP contribution in [0.5, 0.6) is 0 Å². The van der Waals surface area contributed by atoms with Crippen molar-refractivity contribution in [3.8, 4) is 0 Å². The molecule has 3 aromatic rings. The van der Waals surface area contributed by atoms with E-state index in [0.717, 1.165) is 28.6 Å². The molecular formula is C22H16F2N6O2. The number of carbonyl (C=O) groups is 1. The number of anilines is 1. The second kappa shape index (κ2) is 7.34. The molecule has 0 spiro atoms. The molecule has 2 aromatic carbocycles. The summed E-state index contributed by atoms with van der Waals surface area (Å²) in [6.45, 7) is 0.443. The summed E-state index contributed by atoms with van der Waals surface area (Å²) < 4.78 is 28.4. The summed E-state index contributed by atoms with van der Waals surface area (Å²) in [5.41, 5.74) is 10.3. The van der Waals surface area contributed by atoms with Gasteiger partial charge in [0.1, 0.15) is 28.6 Å². The van der Waals surface area contributed by atoms with Crippen molar-refractivity contribution in [1.29, 1.82) is 0 Å². The van der Waals surface area contributed by atoms with Crippen molar-refractivity contribution in [1.82, 2.24) is 15.5 Å². The minimum atomic E-state index is -1.17. The van der Waals surface area contributed by atoms with Crippen LogP contribution in [0, 0.1) is 11.6 Å². The zero-order chi connectivity index (χ0) is 22.4. The monoisotopic (exact) mass is 434 g/mol. The lowest BCUT2D eigenvalue weighted by atomic mass is 10.1. The topological polar surface area (TPSA) is 107 Å². The lowest BCUT2D eigenvalue weighted by Crippen LogP contribution is -2.31. The number of hydrazone groups is 1. The van der Waals surface area contributed by atoms with Crippen LogP contribution in [0.3, 0.4) is 0 Å². The second-order valence-corrected chi connectivity index (χ2v) is 7.31. The van der Waals surface area contributed by atoms with Crippen LogP contribution in [-0.4, -0.2) is 21.6 Å². The van der Waals surface area contributed by atoms with Crippen molar-refractivity contribution in [2.75, 3.05) is 4.90 Å². The summed E-state index contributed by atoms with van der Waals surface area (Å²) in [4.78, 5) is 27.0. The summed E-state index contributed by atoms with van der Waals surface area (Å²) in [6.07, 6.45) is 4.98. The molecule has 0 saturated carbocycles. The smallest absolute Gasteiger partial charge is 0.254 e. The molecule has 0 saturated heterocycles. The van der Waals surface area contributed by atoms with Gasteiger partial charge in [-0.05, 0) is 47.4 Å². The number of halogens is 2. The molecule has 4 N–H and O–H groups in total. The number of pyridine rings is 1. The number of H-pyrrole nitrogens is 1. The highest BCUT2D eigenvalue weighted by Crippen LogP contribution is 2.27. The van der Waals surface area contributed by atoms with Gasteiger partial charge in [0.15, 0.2) is 0 Å². The number of hydrogen-bond acceptors (Lipinski definition) is 6. The number of aromatic nitrogens is 1. The molecule has 8 nitrogen and oxygen atoms in total. The fourth-order valence-corrected chi connectivity index (χ4v) is 3.66. The van der Waals surface area contributed by atoms with E-state index in [1.165, 1.54) is 11.0 Å². The van der Waals surface area contributed by atoms with Crippen molar-refractivity contribution in [2.45, 2.75) is 6.54 Å². The number of amides is 1. The first-order valence-corrected chi connectivity index (χ1v) is 9.59. The molecule has 32 heavy (non-hydrogen) atoms. The fraction of sp³-hybridized carbons (Fsp3) is 0.0455. The third kappa shape index (κ3) is 3.37. The minimum absolute atomic E-state index is 0.166. The van der Waals surface area contributed by atoms with Crippen LogP contribution in [0.4, 0.5) is 14.5 Å². The zero-order valence-electron chi connectivity index (χ0n) is 16.5. The molecule has 0 radical (unpaired) electrons. The molecular weight excluding hydrogens is 418 g/mol. The number of carbonyl (C=O) groups excluding carboxylic acids is 1. The lowest BCUT2D eigenvalue weighted by Gasteiger charge is -2.25. The summed E-state index contributed by atoms with van der Waals surface area (Å²) in [6, 6.07) is 11.0. The molecule has 0 bridgehead atoms. The third-order valence-corrected chi connectivity index (χ3v) is 5.20. The van der Waals surface area contributed by atoms with E-state index in [-0.39, 0.29) is 11.2 Å². The number of allylic oxidation sites excluding steroid dienone is 1. The Morgan fingerprint density at radius 2 is 1.88 bits per heavy atom. The van der Waals surface area contributed by atoms with E-state index >= 15 is 0 Å². The third-order valence-electron chi connectivity index (χ3n) is 5.20. The number of aromatic amines is 1. The van der Waals surface area contributed by atoms with Crippen LogP contribution in [0.2, 0.25) is 0 Å². The van der Waals surface area contributed by atoms with E-state index in [1.54, 1.807) is 29.6 Å². The van der Waals surface area contributed by atoms with E-state index in [9.17, 15) is 18.4 Å². The molecule has 1 aromatic heterocycles. The van der Waals surface area contributed by atoms with Gasteiger partial charge in [-0.1, -0.05) is 6.07 Å². The number of benzene rings is 2. The highest BCUT2D eigenvalue weighted by Gasteiger charge is 2.25. The predicted molar refractivity (Wildman–Crippen MR) is 115 cm³/mol. The Morgan fingerprint density at radius 1 is 1.09 bits per heavy atom. The maximum Gasteiger partial charge on any atom is 0.254 e. The van der Waals surface area contributed by atoms with Crippen LogP contribution in [0.15, 0.2) is 76.5 Å². The first kappa shape index (κ1) is 19.5. The molecule has 10 heteroatoms. The Hall–Kier alpha value is -4.47. The van der Waals surface area contributed by atoms with Gasteiger partial charge in [-0.2, -0.15) is 5.10 Å². The average molecular weight is 434 g/mol. The van der Waals surface area contributed by atoms with E-state index in [4.69, 9.17) is 5.73 Å². The van der Waals surface area contributed by atoms with E-state index in [2.05, 4.69) is 15.6 Å². The number of primary amides is 1. The predicted octanol–water partition coefficient (Wildman–Crippen LogP) is 2.46. The first-order valence-electron chi connectivity index (χ1n) is 9.59. The lowest BCUT2D eigenvalue weighted by molar-refractivity contribution is 0.0992. The summed E-state index contributed by atoms with van der Waals surface area (Å²) >= 11 is 0. The summed E-state index contributed by atoms with van der Waals surface area (Å²) in [5, 5.41) is 6.94. The number of nitrogens with one attached hydrogen (secondary N) is 2. The number of fused-ring (bicyclic) bond motifs is 2.